The van der Waals surface area contributed by atoms with Crippen molar-refractivity contribution in [3.8, 4) is 5.75 Å². The number of aromatic nitrogens is 2. The predicted octanol–water partition coefficient (Wildman–Crippen LogP) is 1.98. The molecule has 0 radical (unpaired) electrons. The smallest absolute Gasteiger partial charge is 0.331 e. The van der Waals surface area contributed by atoms with E-state index < -0.39 is 0 Å². The molecular formula is C9H6N2O2S2. The topological polar surface area (TPSA) is 43.6 Å². The Kier molecular flexibility index (Phi) is 1.80. The Morgan fingerprint density at radius 2 is 2.33 bits per heavy atom. The minimum Gasteiger partial charge on any atom is -0.497 e. The largest absolute Gasteiger partial charge is 0.497 e. The number of fused-ring (bicyclic) bond motifs is 3. The van der Waals surface area contributed by atoms with Crippen molar-refractivity contribution in [3.63, 3.8) is 0 Å². The van der Waals surface area contributed by atoms with Crippen LogP contribution in [0.3, 0.4) is 0 Å². The standard InChI is InChI=1S/C9H6N2O2S2/c1-13-5-2-3-6-7(4-5)14-8-10-15-9(12)11(6)8/h2-4H,1H3. The second kappa shape index (κ2) is 3.04. The van der Waals surface area contributed by atoms with E-state index in [1.54, 1.807) is 11.5 Å². The van der Waals surface area contributed by atoms with E-state index >= 15 is 0 Å². The second-order valence-electron chi connectivity index (χ2n) is 3.00. The third kappa shape index (κ3) is 1.18. The Labute approximate surface area is 92.5 Å². The van der Waals surface area contributed by atoms with E-state index in [1.807, 2.05) is 18.2 Å². The van der Waals surface area contributed by atoms with Crippen molar-refractivity contribution in [2.24, 2.45) is 0 Å². The third-order valence-corrected chi connectivity index (χ3v) is 3.91. The van der Waals surface area contributed by atoms with E-state index in [-0.39, 0.29) is 4.87 Å². The van der Waals surface area contributed by atoms with Gasteiger partial charge in [-0.15, -0.1) is 0 Å². The summed E-state index contributed by atoms with van der Waals surface area (Å²) in [5.74, 6) is 0.795. The quantitative estimate of drug-likeness (QED) is 0.651. The van der Waals surface area contributed by atoms with Crippen LogP contribution in [0.4, 0.5) is 0 Å². The molecule has 1 aromatic carbocycles. The maximum absolute atomic E-state index is 11.5. The highest BCUT2D eigenvalue weighted by molar-refractivity contribution is 7.24. The molecule has 3 rings (SSSR count). The van der Waals surface area contributed by atoms with Gasteiger partial charge in [-0.3, -0.25) is 4.79 Å². The molecule has 0 atom stereocenters. The molecule has 0 spiro atoms. The maximum Gasteiger partial charge on any atom is 0.331 e. The molecule has 3 aromatic rings. The Bertz CT molecular complexity index is 695. The van der Waals surface area contributed by atoms with Gasteiger partial charge in [-0.05, 0) is 18.2 Å². The lowest BCUT2D eigenvalue weighted by Gasteiger charge is -1.97. The van der Waals surface area contributed by atoms with Gasteiger partial charge in [0, 0.05) is 11.5 Å². The number of thiazole rings is 1. The monoisotopic (exact) mass is 238 g/mol. The molecule has 6 heteroatoms. The zero-order valence-corrected chi connectivity index (χ0v) is 9.39. The fourth-order valence-electron chi connectivity index (χ4n) is 1.49. The molecule has 2 heterocycles. The van der Waals surface area contributed by atoms with Crippen molar-refractivity contribution in [2.75, 3.05) is 7.11 Å². The molecule has 76 valence electrons. The number of ether oxygens (including phenoxy) is 1. The van der Waals surface area contributed by atoms with Crippen LogP contribution in [0.1, 0.15) is 0 Å². The molecule has 0 saturated carbocycles. The van der Waals surface area contributed by atoms with Gasteiger partial charge in [0.25, 0.3) is 0 Å². The molecule has 0 amide bonds. The van der Waals surface area contributed by atoms with Gasteiger partial charge in [0.15, 0.2) is 0 Å². The Hall–Kier alpha value is -1.40. The van der Waals surface area contributed by atoms with Gasteiger partial charge in [0.05, 0.1) is 17.3 Å². The highest BCUT2D eigenvalue weighted by atomic mass is 32.1. The highest BCUT2D eigenvalue weighted by Crippen LogP contribution is 2.27. The van der Waals surface area contributed by atoms with Crippen LogP contribution in [0, 0.1) is 0 Å². The molecule has 2 aromatic heterocycles. The Balaban J connectivity index is 2.50. The minimum atomic E-state index is -0.0404. The lowest BCUT2D eigenvalue weighted by Crippen LogP contribution is -2.00. The minimum absolute atomic E-state index is 0.0404. The third-order valence-electron chi connectivity index (χ3n) is 2.18. The normalized spacial score (nSPS) is 11.3. The summed E-state index contributed by atoms with van der Waals surface area (Å²) in [6.07, 6.45) is 0. The fraction of sp³-hybridized carbons (Fsp3) is 0.111. The number of hydrogen-bond donors (Lipinski definition) is 0. The first-order chi connectivity index (χ1) is 7.29. The molecule has 0 aliphatic rings. The molecule has 0 N–H and O–H groups in total. The SMILES string of the molecule is COc1ccc2c(c1)sc1nsc(=O)n12. The molecule has 15 heavy (non-hydrogen) atoms. The van der Waals surface area contributed by atoms with Gasteiger partial charge in [-0.25, -0.2) is 4.40 Å². The molecule has 4 nitrogen and oxygen atoms in total. The van der Waals surface area contributed by atoms with Crippen LogP contribution in [-0.4, -0.2) is 15.9 Å². The van der Waals surface area contributed by atoms with Gasteiger partial charge in [-0.2, -0.15) is 4.37 Å². The average Bonchev–Trinajstić information content (AvgIpc) is 2.77. The summed E-state index contributed by atoms with van der Waals surface area (Å²) in [6, 6.07) is 5.64. The molecule has 0 aliphatic heterocycles. The number of methoxy groups -OCH3 is 1. The summed E-state index contributed by atoms with van der Waals surface area (Å²) >= 11 is 2.48. The van der Waals surface area contributed by atoms with Crippen LogP contribution in [0.15, 0.2) is 23.0 Å². The lowest BCUT2D eigenvalue weighted by molar-refractivity contribution is 0.415. The summed E-state index contributed by atoms with van der Waals surface area (Å²) < 4.78 is 11.9. The van der Waals surface area contributed by atoms with Crippen molar-refractivity contribution in [2.45, 2.75) is 0 Å². The van der Waals surface area contributed by atoms with Crippen LogP contribution in [-0.2, 0) is 0 Å². The summed E-state index contributed by atoms with van der Waals surface area (Å²) in [5, 5.41) is 0. The van der Waals surface area contributed by atoms with E-state index in [1.165, 1.54) is 11.3 Å². The zero-order chi connectivity index (χ0) is 10.4. The Morgan fingerprint density at radius 3 is 3.13 bits per heavy atom. The highest BCUT2D eigenvalue weighted by Gasteiger charge is 2.09. The predicted molar refractivity (Wildman–Crippen MR) is 61.3 cm³/mol. The fourth-order valence-corrected chi connectivity index (χ4v) is 3.22. The number of benzene rings is 1. The summed E-state index contributed by atoms with van der Waals surface area (Å²) in [5.41, 5.74) is 0.898. The lowest BCUT2D eigenvalue weighted by atomic mass is 10.3. The molecule has 0 aliphatic carbocycles. The van der Waals surface area contributed by atoms with Gasteiger partial charge < -0.3 is 4.74 Å². The van der Waals surface area contributed by atoms with Crippen molar-refractivity contribution in [1.82, 2.24) is 8.77 Å². The van der Waals surface area contributed by atoms with E-state index in [4.69, 9.17) is 4.74 Å². The molecule has 0 fully saturated rings. The van der Waals surface area contributed by atoms with Crippen LogP contribution in [0.2, 0.25) is 0 Å². The average molecular weight is 238 g/mol. The molecule has 0 bridgehead atoms. The van der Waals surface area contributed by atoms with Crippen LogP contribution < -0.4 is 9.61 Å². The van der Waals surface area contributed by atoms with Crippen molar-refractivity contribution < 1.29 is 4.74 Å². The zero-order valence-electron chi connectivity index (χ0n) is 7.76. The van der Waals surface area contributed by atoms with Gasteiger partial charge >= 0.3 is 4.87 Å². The summed E-state index contributed by atoms with van der Waals surface area (Å²) in [6.45, 7) is 0. The van der Waals surface area contributed by atoms with Crippen molar-refractivity contribution >= 4 is 38.0 Å². The van der Waals surface area contributed by atoms with E-state index in [9.17, 15) is 4.79 Å². The first kappa shape index (κ1) is 8.87. The van der Waals surface area contributed by atoms with E-state index in [2.05, 4.69) is 4.37 Å². The number of nitrogens with zero attached hydrogens (tertiary/aromatic N) is 2. The molecule has 0 unspecified atom stereocenters. The van der Waals surface area contributed by atoms with Crippen LogP contribution in [0.5, 0.6) is 5.75 Å². The van der Waals surface area contributed by atoms with Crippen LogP contribution >= 0.6 is 22.9 Å². The summed E-state index contributed by atoms with van der Waals surface area (Å²) in [4.78, 5) is 12.2. The van der Waals surface area contributed by atoms with Crippen LogP contribution in [0.25, 0.3) is 15.2 Å². The van der Waals surface area contributed by atoms with Gasteiger partial charge in [-0.1, -0.05) is 11.3 Å². The molecular weight excluding hydrogens is 232 g/mol. The summed E-state index contributed by atoms with van der Waals surface area (Å²) in [7, 11) is 1.63. The second-order valence-corrected chi connectivity index (χ2v) is 4.73. The maximum atomic E-state index is 11.5. The number of rotatable bonds is 1. The first-order valence-corrected chi connectivity index (χ1v) is 5.83. The van der Waals surface area contributed by atoms with E-state index in [0.717, 1.165) is 32.5 Å². The Morgan fingerprint density at radius 1 is 1.47 bits per heavy atom. The van der Waals surface area contributed by atoms with Crippen molar-refractivity contribution in [3.05, 3.63) is 27.9 Å². The first-order valence-electron chi connectivity index (χ1n) is 4.24. The van der Waals surface area contributed by atoms with Gasteiger partial charge in [0.1, 0.15) is 5.75 Å². The number of hydrogen-bond acceptors (Lipinski definition) is 5. The van der Waals surface area contributed by atoms with Crippen molar-refractivity contribution in [1.29, 1.82) is 0 Å². The molecule has 0 saturated heterocycles. The van der Waals surface area contributed by atoms with E-state index in [0.29, 0.717) is 0 Å². The van der Waals surface area contributed by atoms with Gasteiger partial charge in [0.2, 0.25) is 4.96 Å².